The Kier molecular flexibility index (Phi) is 4.49. The number of hydrogen-bond acceptors (Lipinski definition) is 2. The molecule has 0 atom stereocenters. The van der Waals surface area contributed by atoms with Crippen molar-refractivity contribution in [1.29, 1.82) is 0 Å². The summed E-state index contributed by atoms with van der Waals surface area (Å²) in [5, 5.41) is -1.27. The Balaban J connectivity index is 2.14. The molecule has 2 aromatic carbocycles. The molecule has 3 aliphatic rings. The van der Waals surface area contributed by atoms with E-state index in [4.69, 9.17) is 0 Å². The Hall–Kier alpha value is -2.80. The van der Waals surface area contributed by atoms with Crippen molar-refractivity contribution >= 4 is 27.7 Å². The third-order valence-corrected chi connectivity index (χ3v) is 7.53. The second-order valence-corrected chi connectivity index (χ2v) is 9.75. The Morgan fingerprint density at radius 1 is 0.514 bits per heavy atom. The smallest absolute Gasteiger partial charge is 0.377 e. The molecule has 0 aliphatic heterocycles. The number of benzene rings is 2. The number of alkyl halides is 12. The molecule has 0 radical (unpaired) electrons. The van der Waals surface area contributed by atoms with Crippen LogP contribution in [0.3, 0.4) is 0 Å². The minimum Gasteiger partial charge on any atom is -0.377 e. The van der Waals surface area contributed by atoms with Crippen molar-refractivity contribution in [2.45, 2.75) is 41.0 Å². The summed E-state index contributed by atoms with van der Waals surface area (Å²) in [6.45, 7) is 0. The van der Waals surface area contributed by atoms with Crippen LogP contribution in [-0.2, 0) is 5.41 Å². The molecule has 0 saturated heterocycles. The van der Waals surface area contributed by atoms with Gasteiger partial charge in [-0.15, -0.1) is 0 Å². The number of rotatable bonds is 2. The van der Waals surface area contributed by atoms with E-state index in [1.807, 2.05) is 0 Å². The van der Waals surface area contributed by atoms with Crippen molar-refractivity contribution in [1.82, 2.24) is 0 Å². The van der Waals surface area contributed by atoms with E-state index in [0.29, 0.717) is 6.07 Å². The molecule has 1 fully saturated rings. The van der Waals surface area contributed by atoms with Crippen LogP contribution in [0.25, 0.3) is 16.3 Å². The highest BCUT2D eigenvalue weighted by atomic mass is 19.4. The van der Waals surface area contributed by atoms with Gasteiger partial charge in [0.05, 0.1) is 0 Å². The number of hydrogen-bond donors (Lipinski definition) is 0. The summed E-state index contributed by atoms with van der Waals surface area (Å²) in [5.74, 6) is -38.3. The predicted molar refractivity (Wildman–Crippen MR) is 111 cm³/mol. The second-order valence-electron chi connectivity index (χ2n) is 9.75. The van der Waals surface area contributed by atoms with Crippen LogP contribution in [0.4, 0.5) is 64.1 Å². The standard InChI is InChI=1S/C23H16F12N2/c1-36(2)11-7-5-9-13-10(6-8-12(14(11)13)37(3)4)17(16-15(9)18(24,25)19(16,26)27)20(28,29)22(32,33)23(34,35)21(17,30)31/h5-8H,1-4H3. The van der Waals surface area contributed by atoms with Gasteiger partial charge >= 0.3 is 35.5 Å². The molecule has 1 spiro atoms. The first-order valence-electron chi connectivity index (χ1n) is 10.6. The van der Waals surface area contributed by atoms with Gasteiger partial charge in [0.1, 0.15) is 0 Å². The molecule has 0 heterocycles. The quantitative estimate of drug-likeness (QED) is 0.381. The fraction of sp³-hybridized carbons (Fsp3) is 0.478. The summed E-state index contributed by atoms with van der Waals surface area (Å²) in [5.41, 5.74) is -13.0. The van der Waals surface area contributed by atoms with E-state index in [1.165, 1.54) is 38.0 Å². The molecule has 1 saturated carbocycles. The van der Waals surface area contributed by atoms with Crippen molar-refractivity contribution in [3.8, 4) is 0 Å². The molecule has 14 heteroatoms. The molecule has 0 unspecified atom stereocenters. The highest BCUT2D eigenvalue weighted by Gasteiger charge is 3.03. The van der Waals surface area contributed by atoms with Gasteiger partial charge < -0.3 is 9.80 Å². The first-order valence-corrected chi connectivity index (χ1v) is 10.6. The molecule has 0 N–H and O–H groups in total. The van der Waals surface area contributed by atoms with Gasteiger partial charge in [-0.05, 0) is 28.6 Å². The zero-order valence-electron chi connectivity index (χ0n) is 19.2. The lowest BCUT2D eigenvalue weighted by atomic mass is 9.53. The first-order chi connectivity index (χ1) is 16.6. The van der Waals surface area contributed by atoms with Gasteiger partial charge in [0.25, 0.3) is 0 Å². The maximum atomic E-state index is 15.5. The minimum absolute atomic E-state index is 0.0149. The third kappa shape index (κ3) is 2.20. The second kappa shape index (κ2) is 6.42. The number of nitrogens with zero attached hydrogens (tertiary/aromatic N) is 2. The normalized spacial score (nSPS) is 26.2. The van der Waals surface area contributed by atoms with Crippen molar-refractivity contribution in [3.63, 3.8) is 0 Å². The topological polar surface area (TPSA) is 6.48 Å². The summed E-state index contributed by atoms with van der Waals surface area (Å²) >= 11 is 0. The largest absolute Gasteiger partial charge is 0.379 e. The Morgan fingerprint density at radius 3 is 1.38 bits per heavy atom. The van der Waals surface area contributed by atoms with Crippen LogP contribution in [0.2, 0.25) is 0 Å². The third-order valence-electron chi connectivity index (χ3n) is 7.53. The molecular weight excluding hydrogens is 532 g/mol. The number of anilines is 2. The lowest BCUT2D eigenvalue weighted by Gasteiger charge is -2.54. The van der Waals surface area contributed by atoms with Crippen LogP contribution < -0.4 is 9.80 Å². The number of halogens is 12. The fourth-order valence-corrected chi connectivity index (χ4v) is 5.87. The minimum atomic E-state index is -6.88. The van der Waals surface area contributed by atoms with Gasteiger partial charge in [0.2, 0.25) is 0 Å². The summed E-state index contributed by atoms with van der Waals surface area (Å²) in [7, 11) is 5.56. The molecule has 2 nitrogen and oxygen atoms in total. The SMILES string of the molecule is CN(C)c1ccc2c3c(ccc(N(C)C)c13)C1(C3=C2C(F)(F)C3(F)F)C(F)(F)C(F)(F)C(F)(F)C1(F)F. The van der Waals surface area contributed by atoms with Gasteiger partial charge in [-0.2, -0.15) is 52.7 Å². The van der Waals surface area contributed by atoms with Gasteiger partial charge in [-0.3, -0.25) is 0 Å². The molecule has 0 amide bonds. The molecule has 0 aromatic heterocycles. The fourth-order valence-electron chi connectivity index (χ4n) is 5.87. The first kappa shape index (κ1) is 25.8. The van der Waals surface area contributed by atoms with Crippen molar-refractivity contribution in [2.75, 3.05) is 38.0 Å². The van der Waals surface area contributed by atoms with Crippen LogP contribution in [0, 0.1) is 0 Å². The van der Waals surface area contributed by atoms with E-state index >= 15 is 17.6 Å². The Labute approximate surface area is 201 Å². The monoisotopic (exact) mass is 548 g/mol. The number of allylic oxidation sites excluding steroid dienone is 2. The highest BCUT2D eigenvalue weighted by Crippen LogP contribution is 2.81. The summed E-state index contributed by atoms with van der Waals surface area (Å²) in [4.78, 5) is 2.60. The maximum Gasteiger partial charge on any atom is 0.379 e. The molecular formula is C23H16F12N2. The van der Waals surface area contributed by atoms with Crippen LogP contribution in [0.5, 0.6) is 0 Å². The average molecular weight is 548 g/mol. The van der Waals surface area contributed by atoms with E-state index in [-0.39, 0.29) is 16.8 Å². The highest BCUT2D eigenvalue weighted by molar-refractivity contribution is 6.14. The molecule has 202 valence electrons. The summed E-state index contributed by atoms with van der Waals surface area (Å²) in [6.07, 6.45) is 0. The van der Waals surface area contributed by atoms with E-state index < -0.39 is 68.6 Å². The van der Waals surface area contributed by atoms with E-state index in [1.54, 1.807) is 0 Å². The van der Waals surface area contributed by atoms with Crippen LogP contribution in [-0.4, -0.2) is 63.7 Å². The Morgan fingerprint density at radius 2 is 0.946 bits per heavy atom. The predicted octanol–water partition coefficient (Wildman–Crippen LogP) is 6.82. The van der Waals surface area contributed by atoms with E-state index in [0.717, 1.165) is 18.2 Å². The zero-order chi connectivity index (χ0) is 28.1. The summed E-state index contributed by atoms with van der Waals surface area (Å²) in [6, 6.07) is 3.05. The molecule has 37 heavy (non-hydrogen) atoms. The summed E-state index contributed by atoms with van der Waals surface area (Å²) < 4.78 is 179. The molecule has 0 bridgehead atoms. The van der Waals surface area contributed by atoms with E-state index in [2.05, 4.69) is 0 Å². The number of fused-ring (bicyclic) bond motifs is 3. The van der Waals surface area contributed by atoms with Crippen molar-refractivity contribution in [3.05, 3.63) is 41.0 Å². The molecule has 5 rings (SSSR count). The van der Waals surface area contributed by atoms with Crippen LogP contribution >= 0.6 is 0 Å². The van der Waals surface area contributed by atoms with E-state index in [9.17, 15) is 35.1 Å². The Bertz CT molecular complexity index is 1360. The van der Waals surface area contributed by atoms with Gasteiger partial charge in [0.15, 0.2) is 5.41 Å². The molecule has 2 aromatic rings. The maximum absolute atomic E-state index is 15.5. The average Bonchev–Trinajstić information content (AvgIpc) is 2.82. The lowest BCUT2D eigenvalue weighted by molar-refractivity contribution is -0.303. The van der Waals surface area contributed by atoms with Gasteiger partial charge in [-0.25, -0.2) is 0 Å². The van der Waals surface area contributed by atoms with Crippen molar-refractivity contribution < 1.29 is 52.7 Å². The van der Waals surface area contributed by atoms with Gasteiger partial charge in [-0.1, -0.05) is 12.1 Å². The zero-order valence-corrected chi connectivity index (χ0v) is 19.2. The van der Waals surface area contributed by atoms with Crippen LogP contribution in [0.15, 0.2) is 29.8 Å². The van der Waals surface area contributed by atoms with Crippen LogP contribution in [0.1, 0.15) is 11.1 Å². The van der Waals surface area contributed by atoms with Gasteiger partial charge in [0, 0.05) is 56.1 Å². The molecule has 3 aliphatic carbocycles. The van der Waals surface area contributed by atoms with Crippen molar-refractivity contribution in [2.24, 2.45) is 0 Å². The lowest BCUT2D eigenvalue weighted by Crippen LogP contribution is -2.68.